The molecule has 0 atom stereocenters. The van der Waals surface area contributed by atoms with E-state index >= 15 is 0 Å². The SMILES string of the molecule is CC(C)(C)c1cc(CCC(=O)c2[nH]c(C(F)(F)F)cc2Cl)cc(C(C)(C)C)c1O. The zero-order valence-electron chi connectivity index (χ0n) is 17.5. The van der Waals surface area contributed by atoms with Gasteiger partial charge in [0.1, 0.15) is 17.1 Å². The summed E-state index contributed by atoms with van der Waals surface area (Å²) in [4.78, 5) is 14.6. The number of benzene rings is 1. The summed E-state index contributed by atoms with van der Waals surface area (Å²) >= 11 is 5.83. The second-order valence-corrected chi connectivity index (χ2v) is 9.77. The van der Waals surface area contributed by atoms with Crippen LogP contribution in [-0.2, 0) is 23.4 Å². The van der Waals surface area contributed by atoms with Gasteiger partial charge in [0.2, 0.25) is 0 Å². The summed E-state index contributed by atoms with van der Waals surface area (Å²) in [6, 6.07) is 4.44. The van der Waals surface area contributed by atoms with Crippen LogP contribution in [0, 0.1) is 0 Å². The fraction of sp³-hybridized carbons (Fsp3) is 0.500. The highest BCUT2D eigenvalue weighted by atomic mass is 35.5. The van der Waals surface area contributed by atoms with Crippen LogP contribution in [0.15, 0.2) is 18.2 Å². The van der Waals surface area contributed by atoms with E-state index in [-0.39, 0.29) is 33.7 Å². The van der Waals surface area contributed by atoms with Gasteiger partial charge in [-0.2, -0.15) is 13.2 Å². The Morgan fingerprint density at radius 1 is 1.00 bits per heavy atom. The van der Waals surface area contributed by atoms with Gasteiger partial charge in [-0.05, 0) is 40.0 Å². The molecule has 160 valence electrons. The summed E-state index contributed by atoms with van der Waals surface area (Å²) in [6.07, 6.45) is -4.28. The maximum Gasteiger partial charge on any atom is 0.431 e. The van der Waals surface area contributed by atoms with Crippen molar-refractivity contribution < 1.29 is 23.1 Å². The number of hydrogen-bond acceptors (Lipinski definition) is 2. The third kappa shape index (κ3) is 5.35. The third-order valence-corrected chi connectivity index (χ3v) is 5.08. The van der Waals surface area contributed by atoms with Gasteiger partial charge in [-0.1, -0.05) is 65.3 Å². The van der Waals surface area contributed by atoms with Gasteiger partial charge in [-0.3, -0.25) is 4.79 Å². The quantitative estimate of drug-likeness (QED) is 0.525. The lowest BCUT2D eigenvalue weighted by atomic mass is 9.78. The van der Waals surface area contributed by atoms with Crippen LogP contribution < -0.4 is 0 Å². The van der Waals surface area contributed by atoms with Crippen LogP contribution in [0.2, 0.25) is 5.02 Å². The number of H-pyrrole nitrogens is 1. The molecule has 7 heteroatoms. The van der Waals surface area contributed by atoms with Crippen molar-refractivity contribution in [1.29, 1.82) is 0 Å². The van der Waals surface area contributed by atoms with Gasteiger partial charge >= 0.3 is 6.18 Å². The lowest BCUT2D eigenvalue weighted by molar-refractivity contribution is -0.140. The van der Waals surface area contributed by atoms with Crippen LogP contribution in [0.1, 0.15) is 80.8 Å². The van der Waals surface area contributed by atoms with Gasteiger partial charge in [0.15, 0.2) is 5.78 Å². The molecule has 1 heterocycles. The predicted octanol–water partition coefficient (Wildman–Crippen LogP) is 6.80. The molecule has 3 nitrogen and oxygen atoms in total. The number of aromatic amines is 1. The number of phenols is 1. The molecule has 0 radical (unpaired) electrons. The van der Waals surface area contributed by atoms with E-state index in [1.165, 1.54) is 0 Å². The molecule has 0 amide bonds. The predicted molar refractivity (Wildman–Crippen MR) is 109 cm³/mol. The molecule has 0 fully saturated rings. The second-order valence-electron chi connectivity index (χ2n) is 9.37. The Morgan fingerprint density at radius 2 is 1.48 bits per heavy atom. The van der Waals surface area contributed by atoms with Gasteiger partial charge < -0.3 is 10.1 Å². The molecular formula is C22H27ClF3NO2. The summed E-state index contributed by atoms with van der Waals surface area (Å²) < 4.78 is 38.5. The standard InChI is InChI=1S/C22H27ClF3NO2/c1-20(2,3)13-9-12(10-14(19(13)29)21(4,5)6)7-8-16(28)18-15(23)11-17(27-18)22(24,25)26/h9-11,27,29H,7-8H2,1-6H3. The number of carbonyl (C=O) groups is 1. The molecule has 0 unspecified atom stereocenters. The molecule has 29 heavy (non-hydrogen) atoms. The highest BCUT2D eigenvalue weighted by Crippen LogP contribution is 2.40. The number of aromatic hydroxyl groups is 1. The number of carbonyl (C=O) groups excluding carboxylic acids is 1. The Morgan fingerprint density at radius 3 is 1.86 bits per heavy atom. The Kier molecular flexibility index (Phi) is 6.20. The molecule has 1 aromatic heterocycles. The van der Waals surface area contributed by atoms with Crippen LogP contribution in [-0.4, -0.2) is 15.9 Å². The lowest BCUT2D eigenvalue weighted by Crippen LogP contribution is -2.18. The number of aromatic nitrogens is 1. The van der Waals surface area contributed by atoms with Crippen molar-refractivity contribution in [3.8, 4) is 5.75 Å². The van der Waals surface area contributed by atoms with E-state index in [0.29, 0.717) is 6.42 Å². The molecule has 1 aromatic carbocycles. The van der Waals surface area contributed by atoms with Crippen molar-refractivity contribution in [2.75, 3.05) is 0 Å². The highest BCUT2D eigenvalue weighted by Gasteiger charge is 2.34. The van der Waals surface area contributed by atoms with Crippen LogP contribution in [0.5, 0.6) is 5.75 Å². The maximum atomic E-state index is 12.8. The van der Waals surface area contributed by atoms with E-state index in [1.807, 2.05) is 53.7 Å². The molecule has 2 rings (SSSR count). The topological polar surface area (TPSA) is 53.1 Å². The van der Waals surface area contributed by atoms with Gasteiger partial charge in [0.25, 0.3) is 0 Å². The van der Waals surface area contributed by atoms with Crippen LogP contribution >= 0.6 is 11.6 Å². The number of halogens is 4. The molecule has 0 spiro atoms. The monoisotopic (exact) mass is 429 g/mol. The number of phenolic OH excluding ortho intramolecular Hbond substituents is 1. The molecule has 2 N–H and O–H groups in total. The molecule has 2 aromatic rings. The molecule has 0 aliphatic heterocycles. The van der Waals surface area contributed by atoms with Crippen molar-refractivity contribution in [3.05, 3.63) is 51.3 Å². The zero-order chi connectivity index (χ0) is 22.4. The fourth-order valence-corrected chi connectivity index (χ4v) is 3.41. The number of ketones is 1. The van der Waals surface area contributed by atoms with Crippen molar-refractivity contribution in [2.24, 2.45) is 0 Å². The van der Waals surface area contributed by atoms with Gasteiger partial charge in [0.05, 0.1) is 5.02 Å². The first kappa shape index (κ1) is 23.3. The summed E-state index contributed by atoms with van der Waals surface area (Å²) in [6.45, 7) is 11.9. The zero-order valence-corrected chi connectivity index (χ0v) is 18.3. The smallest absolute Gasteiger partial charge is 0.431 e. The summed E-state index contributed by atoms with van der Waals surface area (Å²) in [7, 11) is 0. The average Bonchev–Trinajstić information content (AvgIpc) is 2.93. The molecule has 0 aliphatic carbocycles. The van der Waals surface area contributed by atoms with Crippen LogP contribution in [0.25, 0.3) is 0 Å². The molecule has 0 bridgehead atoms. The summed E-state index contributed by atoms with van der Waals surface area (Å²) in [5.41, 5.74) is 0.479. The van der Waals surface area contributed by atoms with E-state index in [2.05, 4.69) is 4.98 Å². The molecular weight excluding hydrogens is 403 g/mol. The van der Waals surface area contributed by atoms with Crippen LogP contribution in [0.3, 0.4) is 0 Å². The molecule has 0 saturated carbocycles. The molecule has 0 aliphatic rings. The van der Waals surface area contributed by atoms with E-state index < -0.39 is 17.7 Å². The number of alkyl halides is 3. The Bertz CT molecular complexity index is 881. The van der Waals surface area contributed by atoms with E-state index in [4.69, 9.17) is 11.6 Å². The van der Waals surface area contributed by atoms with Crippen molar-refractivity contribution >= 4 is 17.4 Å². The first-order valence-electron chi connectivity index (χ1n) is 9.37. The van der Waals surface area contributed by atoms with Crippen LogP contribution in [0.4, 0.5) is 13.2 Å². The minimum atomic E-state index is -4.59. The highest BCUT2D eigenvalue weighted by molar-refractivity contribution is 6.33. The Balaban J connectivity index is 2.33. The van der Waals surface area contributed by atoms with E-state index in [9.17, 15) is 23.1 Å². The number of rotatable bonds is 4. The van der Waals surface area contributed by atoms with Gasteiger partial charge in [-0.25, -0.2) is 0 Å². The minimum Gasteiger partial charge on any atom is -0.507 e. The Hall–Kier alpha value is -1.95. The normalized spacial score (nSPS) is 13.0. The average molecular weight is 430 g/mol. The van der Waals surface area contributed by atoms with Gasteiger partial charge in [0, 0.05) is 6.42 Å². The number of hydrogen-bond donors (Lipinski definition) is 2. The Labute approximate surface area is 174 Å². The fourth-order valence-electron chi connectivity index (χ4n) is 3.15. The van der Waals surface area contributed by atoms with Crippen molar-refractivity contribution in [2.45, 2.75) is 71.4 Å². The van der Waals surface area contributed by atoms with E-state index in [0.717, 1.165) is 22.8 Å². The van der Waals surface area contributed by atoms with Crippen molar-refractivity contribution in [3.63, 3.8) is 0 Å². The summed E-state index contributed by atoms with van der Waals surface area (Å²) in [5, 5.41) is 10.5. The van der Waals surface area contributed by atoms with E-state index in [1.54, 1.807) is 0 Å². The minimum absolute atomic E-state index is 0.00449. The van der Waals surface area contributed by atoms with Crippen molar-refractivity contribution in [1.82, 2.24) is 4.98 Å². The second kappa shape index (κ2) is 7.71. The lowest BCUT2D eigenvalue weighted by Gasteiger charge is -2.28. The number of nitrogens with one attached hydrogen (secondary N) is 1. The largest absolute Gasteiger partial charge is 0.507 e. The summed E-state index contributed by atoms with van der Waals surface area (Å²) in [5.74, 6) is -0.254. The first-order valence-corrected chi connectivity index (χ1v) is 9.75. The number of Topliss-reactive ketones (excluding diaryl/α,β-unsaturated/α-hetero) is 1. The first-order chi connectivity index (χ1) is 13.0. The van der Waals surface area contributed by atoms with Gasteiger partial charge in [-0.15, -0.1) is 0 Å². The number of aryl methyl sites for hydroxylation is 1. The third-order valence-electron chi connectivity index (χ3n) is 4.78. The molecule has 0 saturated heterocycles. The maximum absolute atomic E-state index is 12.8.